The van der Waals surface area contributed by atoms with E-state index in [1.165, 1.54) is 11.3 Å². The van der Waals surface area contributed by atoms with E-state index < -0.39 is 0 Å². The van der Waals surface area contributed by atoms with Crippen LogP contribution in [-0.4, -0.2) is 55.6 Å². The molecule has 1 aromatic carbocycles. The van der Waals surface area contributed by atoms with E-state index in [2.05, 4.69) is 15.2 Å². The minimum absolute atomic E-state index is 0.193. The van der Waals surface area contributed by atoms with Gasteiger partial charge in [-0.15, -0.1) is 21.5 Å². The molecule has 0 saturated carbocycles. The molecular weight excluding hydrogens is 424 g/mol. The van der Waals surface area contributed by atoms with Crippen molar-refractivity contribution in [1.29, 1.82) is 5.41 Å². The topological polar surface area (TPSA) is 99.6 Å². The SMILES string of the molecule is COc1ccc(-c2csc(C3=C(O)CN(CCCc4nnc5ccccn45)C3=N)n2)cc1. The molecule has 9 heteroatoms. The van der Waals surface area contributed by atoms with Crippen molar-refractivity contribution in [1.82, 2.24) is 24.5 Å². The Labute approximate surface area is 189 Å². The monoisotopic (exact) mass is 446 g/mol. The second-order valence-electron chi connectivity index (χ2n) is 7.51. The summed E-state index contributed by atoms with van der Waals surface area (Å²) in [5, 5.41) is 30.2. The van der Waals surface area contributed by atoms with Gasteiger partial charge >= 0.3 is 0 Å². The van der Waals surface area contributed by atoms with Gasteiger partial charge in [0.2, 0.25) is 0 Å². The van der Waals surface area contributed by atoms with Crippen molar-refractivity contribution in [3.63, 3.8) is 0 Å². The molecule has 0 radical (unpaired) electrons. The molecule has 2 N–H and O–H groups in total. The minimum Gasteiger partial charge on any atom is -0.510 e. The predicted octanol–water partition coefficient (Wildman–Crippen LogP) is 4.06. The molecule has 4 aromatic rings. The molecule has 0 saturated heterocycles. The summed E-state index contributed by atoms with van der Waals surface area (Å²) < 4.78 is 7.19. The Morgan fingerprint density at radius 2 is 2.00 bits per heavy atom. The zero-order valence-corrected chi connectivity index (χ0v) is 18.3. The lowest BCUT2D eigenvalue weighted by atomic mass is 10.1. The van der Waals surface area contributed by atoms with Gasteiger partial charge in [-0.1, -0.05) is 6.07 Å². The molecule has 3 aromatic heterocycles. The zero-order valence-electron chi connectivity index (χ0n) is 17.5. The van der Waals surface area contributed by atoms with E-state index in [1.807, 2.05) is 63.3 Å². The van der Waals surface area contributed by atoms with Crippen LogP contribution in [0.1, 0.15) is 17.3 Å². The first-order valence-corrected chi connectivity index (χ1v) is 11.2. The average Bonchev–Trinajstić information content (AvgIpc) is 3.52. The Kier molecular flexibility index (Phi) is 5.32. The van der Waals surface area contributed by atoms with Crippen LogP contribution in [0, 0.1) is 5.41 Å². The first kappa shape index (κ1) is 20.2. The summed E-state index contributed by atoms with van der Waals surface area (Å²) in [5.74, 6) is 2.19. The predicted molar refractivity (Wildman–Crippen MR) is 124 cm³/mol. The molecule has 8 nitrogen and oxygen atoms in total. The Morgan fingerprint density at radius 3 is 2.81 bits per heavy atom. The van der Waals surface area contributed by atoms with Crippen LogP contribution >= 0.6 is 11.3 Å². The van der Waals surface area contributed by atoms with Gasteiger partial charge in [-0.2, -0.15) is 0 Å². The number of aryl methyl sites for hydroxylation is 1. The summed E-state index contributed by atoms with van der Waals surface area (Å²) in [6.07, 6.45) is 3.49. The molecule has 1 aliphatic heterocycles. The highest BCUT2D eigenvalue weighted by molar-refractivity contribution is 7.11. The highest BCUT2D eigenvalue weighted by Gasteiger charge is 2.30. The third kappa shape index (κ3) is 3.71. The first-order valence-electron chi connectivity index (χ1n) is 10.3. The average molecular weight is 447 g/mol. The first-order chi connectivity index (χ1) is 15.6. The lowest BCUT2D eigenvalue weighted by Gasteiger charge is -2.17. The van der Waals surface area contributed by atoms with Gasteiger partial charge in [0.25, 0.3) is 0 Å². The number of pyridine rings is 1. The highest BCUT2D eigenvalue weighted by Crippen LogP contribution is 2.32. The van der Waals surface area contributed by atoms with Crippen LogP contribution in [0.4, 0.5) is 0 Å². The number of rotatable bonds is 7. The number of nitrogens with zero attached hydrogens (tertiary/aromatic N) is 5. The molecule has 1 aliphatic rings. The van der Waals surface area contributed by atoms with Crippen molar-refractivity contribution in [2.45, 2.75) is 12.8 Å². The van der Waals surface area contributed by atoms with Crippen molar-refractivity contribution in [2.75, 3.05) is 20.2 Å². The number of nitrogens with one attached hydrogen (secondary N) is 1. The van der Waals surface area contributed by atoms with Crippen molar-refractivity contribution in [3.8, 4) is 17.0 Å². The fraction of sp³-hybridized carbons (Fsp3) is 0.217. The van der Waals surface area contributed by atoms with E-state index in [9.17, 15) is 5.11 Å². The standard InChI is InChI=1S/C23H22N6O2S/c1-31-16-9-7-15(8-10-16)17-14-32-23(25-17)21-18(30)13-28(22(21)24)11-4-6-20-27-26-19-5-2-3-12-29(19)20/h2-3,5,7-10,12,14,24,30H,4,6,11,13H2,1H3. The van der Waals surface area contributed by atoms with Crippen LogP contribution in [0.3, 0.4) is 0 Å². The summed E-state index contributed by atoms with van der Waals surface area (Å²) in [4.78, 5) is 6.56. The zero-order chi connectivity index (χ0) is 22.1. The second kappa shape index (κ2) is 8.43. The quantitative estimate of drug-likeness (QED) is 0.444. The minimum atomic E-state index is 0.193. The number of thiazole rings is 1. The molecule has 0 unspecified atom stereocenters. The lowest BCUT2D eigenvalue weighted by Crippen LogP contribution is -2.28. The Bertz CT molecular complexity index is 1310. The highest BCUT2D eigenvalue weighted by atomic mass is 32.1. The third-order valence-corrected chi connectivity index (χ3v) is 6.36. The Morgan fingerprint density at radius 1 is 1.16 bits per heavy atom. The van der Waals surface area contributed by atoms with Crippen LogP contribution < -0.4 is 4.74 Å². The fourth-order valence-electron chi connectivity index (χ4n) is 3.82. The number of benzene rings is 1. The smallest absolute Gasteiger partial charge is 0.160 e. The van der Waals surface area contributed by atoms with Crippen LogP contribution in [0.25, 0.3) is 22.5 Å². The van der Waals surface area contributed by atoms with Gasteiger partial charge in [0.05, 0.1) is 24.9 Å². The fourth-order valence-corrected chi connectivity index (χ4v) is 4.72. The molecule has 4 heterocycles. The number of aliphatic hydroxyl groups is 1. The van der Waals surface area contributed by atoms with Crippen LogP contribution in [0.5, 0.6) is 5.75 Å². The molecule has 162 valence electrons. The van der Waals surface area contributed by atoms with E-state index >= 15 is 0 Å². The summed E-state index contributed by atoms with van der Waals surface area (Å²) in [7, 11) is 1.64. The van der Waals surface area contributed by atoms with E-state index in [4.69, 9.17) is 10.1 Å². The Hall–Kier alpha value is -3.72. The molecule has 0 bridgehead atoms. The summed E-state index contributed by atoms with van der Waals surface area (Å²) >= 11 is 1.44. The number of aromatic nitrogens is 4. The normalized spacial score (nSPS) is 14.0. The maximum atomic E-state index is 10.6. The van der Waals surface area contributed by atoms with E-state index in [1.54, 1.807) is 7.11 Å². The summed E-state index contributed by atoms with van der Waals surface area (Å²) in [6, 6.07) is 13.5. The van der Waals surface area contributed by atoms with Crippen LogP contribution in [0.15, 0.2) is 59.8 Å². The molecule has 0 aliphatic carbocycles. The second-order valence-corrected chi connectivity index (χ2v) is 8.36. The maximum absolute atomic E-state index is 10.6. The van der Waals surface area contributed by atoms with Gasteiger partial charge in [-0.3, -0.25) is 9.81 Å². The number of aliphatic hydroxyl groups excluding tert-OH is 1. The van der Waals surface area contributed by atoms with Gasteiger partial charge in [0.15, 0.2) is 5.65 Å². The van der Waals surface area contributed by atoms with Crippen molar-refractivity contribution in [2.24, 2.45) is 0 Å². The molecular formula is C23H22N6O2S. The molecule has 32 heavy (non-hydrogen) atoms. The summed E-state index contributed by atoms with van der Waals surface area (Å²) in [6.45, 7) is 0.969. The van der Waals surface area contributed by atoms with Crippen LogP contribution in [-0.2, 0) is 6.42 Å². The molecule has 0 atom stereocenters. The maximum Gasteiger partial charge on any atom is 0.160 e. The third-order valence-electron chi connectivity index (χ3n) is 5.50. The number of fused-ring (bicyclic) bond motifs is 1. The van der Waals surface area contributed by atoms with Crippen molar-refractivity contribution < 1.29 is 9.84 Å². The lowest BCUT2D eigenvalue weighted by molar-refractivity contribution is 0.347. The van der Waals surface area contributed by atoms with Crippen LogP contribution in [0.2, 0.25) is 0 Å². The van der Waals surface area contributed by atoms with E-state index in [-0.39, 0.29) is 5.76 Å². The van der Waals surface area contributed by atoms with E-state index in [0.29, 0.717) is 29.5 Å². The molecule has 0 amide bonds. The molecule has 5 rings (SSSR count). The largest absolute Gasteiger partial charge is 0.510 e. The van der Waals surface area contributed by atoms with Gasteiger partial charge in [0.1, 0.15) is 28.2 Å². The number of methoxy groups -OCH3 is 1. The molecule has 0 fully saturated rings. The number of amidine groups is 1. The summed E-state index contributed by atoms with van der Waals surface area (Å²) in [5.41, 5.74) is 3.13. The van der Waals surface area contributed by atoms with Gasteiger partial charge < -0.3 is 14.7 Å². The number of hydrogen-bond acceptors (Lipinski definition) is 7. The van der Waals surface area contributed by atoms with Gasteiger partial charge in [-0.05, 0) is 42.8 Å². The number of hydrogen-bond donors (Lipinski definition) is 2. The number of ether oxygens (including phenoxy) is 1. The Balaban J connectivity index is 1.25. The molecule has 0 spiro atoms. The van der Waals surface area contributed by atoms with Crippen molar-refractivity contribution in [3.05, 3.63) is 70.6 Å². The van der Waals surface area contributed by atoms with Crippen molar-refractivity contribution >= 4 is 28.4 Å². The van der Waals surface area contributed by atoms with Gasteiger partial charge in [0, 0.05) is 30.1 Å². The van der Waals surface area contributed by atoms with E-state index in [0.717, 1.165) is 41.3 Å². The van der Waals surface area contributed by atoms with Gasteiger partial charge in [-0.25, -0.2) is 4.98 Å².